The number of rotatable bonds is 3. The zero-order valence-corrected chi connectivity index (χ0v) is 9.31. The molecule has 0 amide bonds. The Kier molecular flexibility index (Phi) is 3.23. The SMILES string of the molecule is CN[C@@H]1CCN(c2ccccc2)C1OC. The van der Waals surface area contributed by atoms with E-state index in [9.17, 15) is 0 Å². The van der Waals surface area contributed by atoms with E-state index in [1.807, 2.05) is 13.1 Å². The first kappa shape index (κ1) is 10.5. The number of nitrogens with one attached hydrogen (secondary N) is 1. The zero-order valence-electron chi connectivity index (χ0n) is 9.31. The minimum absolute atomic E-state index is 0.150. The normalized spacial score (nSPS) is 25.9. The molecule has 0 saturated carbocycles. The lowest BCUT2D eigenvalue weighted by molar-refractivity contribution is 0.0896. The van der Waals surface area contributed by atoms with Gasteiger partial charge in [-0.05, 0) is 25.6 Å². The van der Waals surface area contributed by atoms with Gasteiger partial charge in [0, 0.05) is 19.3 Å². The molecule has 1 unspecified atom stereocenters. The fourth-order valence-corrected chi connectivity index (χ4v) is 2.24. The van der Waals surface area contributed by atoms with Crippen molar-refractivity contribution in [1.29, 1.82) is 0 Å². The summed E-state index contributed by atoms with van der Waals surface area (Å²) in [5, 5.41) is 3.30. The molecule has 3 heteroatoms. The number of ether oxygens (including phenoxy) is 1. The van der Waals surface area contributed by atoms with E-state index in [2.05, 4.69) is 34.5 Å². The quantitative estimate of drug-likeness (QED) is 0.810. The van der Waals surface area contributed by atoms with Crippen LogP contribution in [0.15, 0.2) is 30.3 Å². The maximum absolute atomic E-state index is 5.55. The Balaban J connectivity index is 2.17. The molecule has 1 saturated heterocycles. The van der Waals surface area contributed by atoms with Crippen LogP contribution < -0.4 is 10.2 Å². The van der Waals surface area contributed by atoms with Gasteiger partial charge in [0.1, 0.15) is 6.23 Å². The molecule has 0 bridgehead atoms. The lowest BCUT2D eigenvalue weighted by Gasteiger charge is -2.28. The Morgan fingerprint density at radius 1 is 1.33 bits per heavy atom. The van der Waals surface area contributed by atoms with E-state index >= 15 is 0 Å². The molecule has 1 aliphatic heterocycles. The third-order valence-electron chi connectivity index (χ3n) is 3.03. The fourth-order valence-electron chi connectivity index (χ4n) is 2.24. The molecule has 2 atom stereocenters. The summed E-state index contributed by atoms with van der Waals surface area (Å²) in [5.41, 5.74) is 1.24. The van der Waals surface area contributed by atoms with Gasteiger partial charge in [-0.3, -0.25) is 0 Å². The summed E-state index contributed by atoms with van der Waals surface area (Å²) < 4.78 is 5.55. The maximum atomic E-state index is 5.55. The maximum Gasteiger partial charge on any atom is 0.145 e. The van der Waals surface area contributed by atoms with Crippen molar-refractivity contribution in [2.45, 2.75) is 18.7 Å². The minimum Gasteiger partial charge on any atom is -0.360 e. The number of hydrogen-bond donors (Lipinski definition) is 1. The molecule has 0 spiro atoms. The van der Waals surface area contributed by atoms with Crippen LogP contribution in [-0.4, -0.2) is 33.0 Å². The highest BCUT2D eigenvalue weighted by atomic mass is 16.5. The van der Waals surface area contributed by atoms with Gasteiger partial charge in [0.15, 0.2) is 0 Å². The number of likely N-dealkylation sites (N-methyl/N-ethyl adjacent to an activating group) is 1. The van der Waals surface area contributed by atoms with Gasteiger partial charge in [-0.15, -0.1) is 0 Å². The van der Waals surface area contributed by atoms with Gasteiger partial charge in [-0.1, -0.05) is 18.2 Å². The highest BCUT2D eigenvalue weighted by Gasteiger charge is 2.32. The van der Waals surface area contributed by atoms with Crippen molar-refractivity contribution in [2.75, 3.05) is 25.6 Å². The molecule has 1 aromatic carbocycles. The van der Waals surface area contributed by atoms with E-state index in [1.54, 1.807) is 7.11 Å². The molecule has 1 aromatic rings. The monoisotopic (exact) mass is 206 g/mol. The summed E-state index contributed by atoms with van der Waals surface area (Å²) in [4.78, 5) is 2.31. The lowest BCUT2D eigenvalue weighted by atomic mass is 10.2. The van der Waals surface area contributed by atoms with Gasteiger partial charge >= 0.3 is 0 Å². The summed E-state index contributed by atoms with van der Waals surface area (Å²) in [7, 11) is 3.77. The van der Waals surface area contributed by atoms with Crippen LogP contribution in [0.2, 0.25) is 0 Å². The van der Waals surface area contributed by atoms with E-state index in [1.165, 1.54) is 5.69 Å². The van der Waals surface area contributed by atoms with Crippen LogP contribution in [0.5, 0.6) is 0 Å². The molecular formula is C12H18N2O. The van der Waals surface area contributed by atoms with Gasteiger partial charge < -0.3 is 15.0 Å². The summed E-state index contributed by atoms with van der Waals surface area (Å²) in [6, 6.07) is 10.9. The molecule has 0 aliphatic carbocycles. The first-order chi connectivity index (χ1) is 7.36. The largest absolute Gasteiger partial charge is 0.360 e. The third kappa shape index (κ3) is 1.98. The average molecular weight is 206 g/mol. The number of hydrogen-bond acceptors (Lipinski definition) is 3. The second kappa shape index (κ2) is 4.64. The van der Waals surface area contributed by atoms with E-state index in [0.29, 0.717) is 6.04 Å². The molecule has 2 rings (SSSR count). The summed E-state index contributed by atoms with van der Waals surface area (Å²) in [6.07, 6.45) is 1.28. The Bertz CT molecular complexity index is 302. The number of anilines is 1. The first-order valence-corrected chi connectivity index (χ1v) is 5.38. The summed E-state index contributed by atoms with van der Waals surface area (Å²) >= 11 is 0. The second-order valence-corrected chi connectivity index (χ2v) is 3.84. The van der Waals surface area contributed by atoms with Crippen molar-refractivity contribution in [2.24, 2.45) is 0 Å². The highest BCUT2D eigenvalue weighted by Crippen LogP contribution is 2.25. The van der Waals surface area contributed by atoms with E-state index in [-0.39, 0.29) is 6.23 Å². The van der Waals surface area contributed by atoms with E-state index in [0.717, 1.165) is 13.0 Å². The van der Waals surface area contributed by atoms with Crippen molar-refractivity contribution in [3.8, 4) is 0 Å². The predicted octanol–water partition coefficient (Wildman–Crippen LogP) is 1.46. The second-order valence-electron chi connectivity index (χ2n) is 3.84. The van der Waals surface area contributed by atoms with Crippen molar-refractivity contribution in [1.82, 2.24) is 5.32 Å². The standard InChI is InChI=1S/C12H18N2O/c1-13-11-8-9-14(12(11)15-2)10-6-4-3-5-7-10/h3-7,11-13H,8-9H2,1-2H3/t11-,12?/m1/s1. The number of benzene rings is 1. The van der Waals surface area contributed by atoms with Crippen LogP contribution in [0.25, 0.3) is 0 Å². The van der Waals surface area contributed by atoms with Crippen molar-refractivity contribution < 1.29 is 4.74 Å². The van der Waals surface area contributed by atoms with Crippen LogP contribution in [0.4, 0.5) is 5.69 Å². The smallest absolute Gasteiger partial charge is 0.145 e. The van der Waals surface area contributed by atoms with Crippen molar-refractivity contribution >= 4 is 5.69 Å². The molecule has 0 radical (unpaired) electrons. The lowest BCUT2D eigenvalue weighted by Crippen LogP contribution is -2.42. The molecule has 1 heterocycles. The molecule has 3 nitrogen and oxygen atoms in total. The number of para-hydroxylation sites is 1. The topological polar surface area (TPSA) is 24.5 Å². The molecule has 15 heavy (non-hydrogen) atoms. The Hall–Kier alpha value is -1.06. The van der Waals surface area contributed by atoms with Crippen molar-refractivity contribution in [3.05, 3.63) is 30.3 Å². The molecule has 1 fully saturated rings. The van der Waals surface area contributed by atoms with Gasteiger partial charge in [0.25, 0.3) is 0 Å². The molecular weight excluding hydrogens is 188 g/mol. The molecule has 1 aliphatic rings. The molecule has 82 valence electrons. The summed E-state index contributed by atoms with van der Waals surface area (Å²) in [5.74, 6) is 0. The average Bonchev–Trinajstić information content (AvgIpc) is 2.72. The Labute approximate surface area is 91.0 Å². The minimum atomic E-state index is 0.150. The fraction of sp³-hybridized carbons (Fsp3) is 0.500. The Morgan fingerprint density at radius 3 is 2.67 bits per heavy atom. The van der Waals surface area contributed by atoms with Crippen LogP contribution >= 0.6 is 0 Å². The zero-order chi connectivity index (χ0) is 10.7. The molecule has 1 N–H and O–H groups in total. The highest BCUT2D eigenvalue weighted by molar-refractivity contribution is 5.48. The van der Waals surface area contributed by atoms with Crippen LogP contribution in [0.3, 0.4) is 0 Å². The summed E-state index contributed by atoms with van der Waals surface area (Å²) in [6.45, 7) is 1.05. The van der Waals surface area contributed by atoms with Gasteiger partial charge in [-0.2, -0.15) is 0 Å². The van der Waals surface area contributed by atoms with E-state index < -0.39 is 0 Å². The van der Waals surface area contributed by atoms with Crippen LogP contribution in [0.1, 0.15) is 6.42 Å². The van der Waals surface area contributed by atoms with Crippen LogP contribution in [0, 0.1) is 0 Å². The third-order valence-corrected chi connectivity index (χ3v) is 3.03. The van der Waals surface area contributed by atoms with Crippen molar-refractivity contribution in [3.63, 3.8) is 0 Å². The van der Waals surface area contributed by atoms with E-state index in [4.69, 9.17) is 4.74 Å². The van der Waals surface area contributed by atoms with Gasteiger partial charge in [0.2, 0.25) is 0 Å². The Morgan fingerprint density at radius 2 is 2.07 bits per heavy atom. The van der Waals surface area contributed by atoms with Gasteiger partial charge in [0.05, 0.1) is 6.04 Å². The van der Waals surface area contributed by atoms with Crippen LogP contribution in [-0.2, 0) is 4.74 Å². The number of nitrogens with zero attached hydrogens (tertiary/aromatic N) is 1. The predicted molar refractivity (Wildman–Crippen MR) is 62.0 cm³/mol. The number of methoxy groups -OCH3 is 1. The molecule has 0 aromatic heterocycles. The first-order valence-electron chi connectivity index (χ1n) is 5.38. The van der Waals surface area contributed by atoms with Gasteiger partial charge in [-0.25, -0.2) is 0 Å².